The molecule has 4 rings (SSSR count). The fourth-order valence-electron chi connectivity index (χ4n) is 3.17. The Morgan fingerprint density at radius 3 is 2.19 bits per heavy atom. The van der Waals surface area contributed by atoms with Crippen LogP contribution in [0.2, 0.25) is 5.02 Å². The summed E-state index contributed by atoms with van der Waals surface area (Å²) in [6, 6.07) is 27.0. The third-order valence-corrected chi connectivity index (χ3v) is 4.76. The third kappa shape index (κ3) is 3.16. The third-order valence-electron chi connectivity index (χ3n) is 4.44. The van der Waals surface area contributed by atoms with E-state index < -0.39 is 0 Å². The lowest BCUT2D eigenvalue weighted by molar-refractivity contribution is 0.869. The Balaban J connectivity index is 1.76. The van der Waals surface area contributed by atoms with E-state index >= 15 is 0 Å². The monoisotopic (exact) mass is 358 g/mol. The molecule has 0 saturated carbocycles. The lowest BCUT2D eigenvalue weighted by atomic mass is 10.0. The SMILES string of the molecule is Cc1cccc(-c2ccc(-c3cc(C)nn3-c3ccccc3Cl)cc2)c1. The molecule has 0 bridgehead atoms. The summed E-state index contributed by atoms with van der Waals surface area (Å²) in [5.41, 5.74) is 7.69. The molecular formula is C23H19ClN2. The second kappa shape index (κ2) is 6.81. The van der Waals surface area contributed by atoms with E-state index in [9.17, 15) is 0 Å². The smallest absolute Gasteiger partial charge is 0.0839 e. The quantitative estimate of drug-likeness (QED) is 0.410. The van der Waals surface area contributed by atoms with Gasteiger partial charge in [0.15, 0.2) is 0 Å². The van der Waals surface area contributed by atoms with Crippen LogP contribution in [0.3, 0.4) is 0 Å². The van der Waals surface area contributed by atoms with Gasteiger partial charge in [-0.05, 0) is 43.2 Å². The molecule has 1 heterocycles. The first kappa shape index (κ1) is 16.6. The molecule has 26 heavy (non-hydrogen) atoms. The van der Waals surface area contributed by atoms with Crippen LogP contribution in [-0.4, -0.2) is 9.78 Å². The minimum absolute atomic E-state index is 0.688. The molecule has 0 spiro atoms. The molecule has 4 aromatic rings. The maximum absolute atomic E-state index is 6.39. The van der Waals surface area contributed by atoms with Gasteiger partial charge in [0.1, 0.15) is 0 Å². The Labute approximate surface area is 158 Å². The molecule has 1 aromatic heterocycles. The van der Waals surface area contributed by atoms with Crippen LogP contribution < -0.4 is 0 Å². The van der Waals surface area contributed by atoms with E-state index in [0.717, 1.165) is 22.6 Å². The first-order valence-corrected chi connectivity index (χ1v) is 8.99. The molecule has 2 nitrogen and oxygen atoms in total. The molecule has 0 radical (unpaired) electrons. The van der Waals surface area contributed by atoms with E-state index in [-0.39, 0.29) is 0 Å². The fourth-order valence-corrected chi connectivity index (χ4v) is 3.39. The highest BCUT2D eigenvalue weighted by Crippen LogP contribution is 2.29. The van der Waals surface area contributed by atoms with Crippen molar-refractivity contribution in [2.45, 2.75) is 13.8 Å². The Morgan fingerprint density at radius 2 is 1.46 bits per heavy atom. The number of para-hydroxylation sites is 1. The van der Waals surface area contributed by atoms with Gasteiger partial charge in [-0.2, -0.15) is 5.10 Å². The molecule has 0 unspecified atom stereocenters. The molecule has 0 saturated heterocycles. The van der Waals surface area contributed by atoms with Gasteiger partial charge in [0.25, 0.3) is 0 Å². The van der Waals surface area contributed by atoms with E-state index in [4.69, 9.17) is 11.6 Å². The largest absolute Gasteiger partial charge is 0.231 e. The van der Waals surface area contributed by atoms with Gasteiger partial charge in [0.05, 0.1) is 22.1 Å². The molecule has 3 aromatic carbocycles. The number of benzene rings is 3. The molecule has 0 aliphatic rings. The van der Waals surface area contributed by atoms with Crippen molar-refractivity contribution in [2.24, 2.45) is 0 Å². The minimum Gasteiger partial charge on any atom is -0.231 e. The van der Waals surface area contributed by atoms with Crippen LogP contribution in [0.4, 0.5) is 0 Å². The number of rotatable bonds is 3. The topological polar surface area (TPSA) is 17.8 Å². The predicted octanol–water partition coefficient (Wildman–Crippen LogP) is 6.48. The number of aryl methyl sites for hydroxylation is 2. The maximum atomic E-state index is 6.39. The van der Waals surface area contributed by atoms with E-state index in [2.05, 4.69) is 66.6 Å². The molecule has 0 fully saturated rings. The van der Waals surface area contributed by atoms with Crippen molar-refractivity contribution < 1.29 is 0 Å². The van der Waals surface area contributed by atoms with Gasteiger partial charge in [0, 0.05) is 5.56 Å². The molecule has 128 valence electrons. The van der Waals surface area contributed by atoms with E-state index in [0.29, 0.717) is 5.02 Å². The highest BCUT2D eigenvalue weighted by molar-refractivity contribution is 6.32. The molecular weight excluding hydrogens is 340 g/mol. The molecule has 0 aliphatic heterocycles. The highest BCUT2D eigenvalue weighted by atomic mass is 35.5. The zero-order valence-electron chi connectivity index (χ0n) is 14.8. The molecule has 3 heteroatoms. The molecule has 0 N–H and O–H groups in total. The minimum atomic E-state index is 0.688. The number of halogens is 1. The molecule has 0 aliphatic carbocycles. The van der Waals surface area contributed by atoms with Gasteiger partial charge in [-0.15, -0.1) is 0 Å². The summed E-state index contributed by atoms with van der Waals surface area (Å²) in [5.74, 6) is 0. The normalized spacial score (nSPS) is 10.9. The molecule has 0 atom stereocenters. The Bertz CT molecular complexity index is 1060. The van der Waals surface area contributed by atoms with Gasteiger partial charge in [-0.1, -0.05) is 77.8 Å². The van der Waals surface area contributed by atoms with E-state index in [1.54, 1.807) is 0 Å². The van der Waals surface area contributed by atoms with Crippen molar-refractivity contribution in [3.05, 3.63) is 95.1 Å². The summed E-state index contributed by atoms with van der Waals surface area (Å²) in [5, 5.41) is 5.33. The van der Waals surface area contributed by atoms with Crippen LogP contribution >= 0.6 is 11.6 Å². The average Bonchev–Trinajstić information content (AvgIpc) is 3.04. The number of nitrogens with zero attached hydrogens (tertiary/aromatic N) is 2. The Kier molecular flexibility index (Phi) is 4.36. The summed E-state index contributed by atoms with van der Waals surface area (Å²) < 4.78 is 1.92. The van der Waals surface area contributed by atoms with Crippen molar-refractivity contribution in [3.8, 4) is 28.1 Å². The Morgan fingerprint density at radius 1 is 0.731 bits per heavy atom. The lowest BCUT2D eigenvalue weighted by Crippen LogP contribution is -2.00. The number of aromatic nitrogens is 2. The second-order valence-electron chi connectivity index (χ2n) is 6.48. The average molecular weight is 359 g/mol. The van der Waals surface area contributed by atoms with Crippen molar-refractivity contribution in [3.63, 3.8) is 0 Å². The van der Waals surface area contributed by atoms with Gasteiger partial charge >= 0.3 is 0 Å². The zero-order valence-corrected chi connectivity index (χ0v) is 15.5. The van der Waals surface area contributed by atoms with Gasteiger partial charge in [-0.3, -0.25) is 0 Å². The summed E-state index contributed by atoms with van der Waals surface area (Å²) in [6.45, 7) is 4.11. The van der Waals surface area contributed by atoms with Crippen LogP contribution in [0, 0.1) is 13.8 Å². The van der Waals surface area contributed by atoms with Gasteiger partial charge < -0.3 is 0 Å². The summed E-state index contributed by atoms with van der Waals surface area (Å²) in [7, 11) is 0. The standard InChI is InChI=1S/C23H19ClN2/c1-16-6-5-7-20(14-16)18-10-12-19(13-11-18)23-15-17(2)25-26(23)22-9-4-3-8-21(22)24/h3-15H,1-2H3. The first-order valence-electron chi connectivity index (χ1n) is 8.61. The predicted molar refractivity (Wildman–Crippen MR) is 109 cm³/mol. The second-order valence-corrected chi connectivity index (χ2v) is 6.89. The van der Waals surface area contributed by atoms with Gasteiger partial charge in [0.2, 0.25) is 0 Å². The van der Waals surface area contributed by atoms with Gasteiger partial charge in [-0.25, -0.2) is 4.68 Å². The molecule has 0 amide bonds. The van der Waals surface area contributed by atoms with Crippen LogP contribution in [0.25, 0.3) is 28.1 Å². The van der Waals surface area contributed by atoms with Crippen LogP contribution in [0.5, 0.6) is 0 Å². The Hall–Kier alpha value is -2.84. The van der Waals surface area contributed by atoms with Crippen molar-refractivity contribution in [2.75, 3.05) is 0 Å². The van der Waals surface area contributed by atoms with Crippen molar-refractivity contribution >= 4 is 11.6 Å². The van der Waals surface area contributed by atoms with Crippen LogP contribution in [0.15, 0.2) is 78.9 Å². The highest BCUT2D eigenvalue weighted by Gasteiger charge is 2.12. The van der Waals surface area contributed by atoms with Crippen LogP contribution in [-0.2, 0) is 0 Å². The van der Waals surface area contributed by atoms with Crippen molar-refractivity contribution in [1.82, 2.24) is 9.78 Å². The number of hydrogen-bond donors (Lipinski definition) is 0. The first-order chi connectivity index (χ1) is 12.6. The van der Waals surface area contributed by atoms with E-state index in [1.165, 1.54) is 16.7 Å². The van der Waals surface area contributed by atoms with Crippen molar-refractivity contribution in [1.29, 1.82) is 0 Å². The summed E-state index contributed by atoms with van der Waals surface area (Å²) in [4.78, 5) is 0. The van der Waals surface area contributed by atoms with Crippen LogP contribution in [0.1, 0.15) is 11.3 Å². The number of hydrogen-bond acceptors (Lipinski definition) is 1. The summed E-state index contributed by atoms with van der Waals surface area (Å²) >= 11 is 6.39. The fraction of sp³-hybridized carbons (Fsp3) is 0.0870. The maximum Gasteiger partial charge on any atom is 0.0839 e. The zero-order chi connectivity index (χ0) is 18.1. The lowest BCUT2D eigenvalue weighted by Gasteiger charge is -2.10. The summed E-state index contributed by atoms with van der Waals surface area (Å²) in [6.07, 6.45) is 0. The van der Waals surface area contributed by atoms with E-state index in [1.807, 2.05) is 35.9 Å².